The monoisotopic (exact) mass is 462 g/mol. The first kappa shape index (κ1) is 24.0. The molecular formula is C28H34N2O4. The Morgan fingerprint density at radius 3 is 2.50 bits per heavy atom. The van der Waals surface area contributed by atoms with Gasteiger partial charge in [0.2, 0.25) is 0 Å². The Morgan fingerprint density at radius 1 is 1.06 bits per heavy atom. The van der Waals surface area contributed by atoms with Gasteiger partial charge in [0.1, 0.15) is 11.5 Å². The lowest BCUT2D eigenvalue weighted by Crippen LogP contribution is -2.38. The number of rotatable bonds is 8. The van der Waals surface area contributed by atoms with Gasteiger partial charge in [-0.2, -0.15) is 0 Å². The number of aliphatic hydroxyl groups is 1. The Labute approximate surface area is 201 Å². The molecule has 180 valence electrons. The van der Waals surface area contributed by atoms with Crippen molar-refractivity contribution in [2.75, 3.05) is 33.3 Å². The highest BCUT2D eigenvalue weighted by Gasteiger charge is 2.46. The van der Waals surface area contributed by atoms with Crippen molar-refractivity contribution in [1.82, 2.24) is 9.80 Å². The fraction of sp³-hybridized carbons (Fsp3) is 0.429. The molecule has 0 spiro atoms. The number of carbonyl (C=O) groups excluding carboxylic acids is 2. The normalized spacial score (nSPS) is 19.5. The van der Waals surface area contributed by atoms with Crippen LogP contribution in [0.4, 0.5) is 0 Å². The second-order valence-corrected chi connectivity index (χ2v) is 8.99. The van der Waals surface area contributed by atoms with Gasteiger partial charge in [-0.1, -0.05) is 38.1 Å². The molecule has 1 aliphatic heterocycles. The number of aryl methyl sites for hydroxylation is 2. The molecule has 1 N–H and O–H groups in total. The number of ketones is 1. The van der Waals surface area contributed by atoms with Crippen LogP contribution in [-0.4, -0.2) is 59.9 Å². The molecule has 1 saturated heterocycles. The van der Waals surface area contributed by atoms with Gasteiger partial charge in [0.05, 0.1) is 18.7 Å². The van der Waals surface area contributed by atoms with E-state index in [0.717, 1.165) is 37.9 Å². The Hall–Kier alpha value is -3.12. The predicted octanol–water partition coefficient (Wildman–Crippen LogP) is 4.34. The minimum absolute atomic E-state index is 0.107. The molecule has 2 aromatic rings. The Morgan fingerprint density at radius 2 is 1.79 bits per heavy atom. The molecule has 4 rings (SSSR count). The highest BCUT2D eigenvalue weighted by molar-refractivity contribution is 6.46. The van der Waals surface area contributed by atoms with Crippen LogP contribution in [0.1, 0.15) is 55.0 Å². The van der Waals surface area contributed by atoms with Crippen LogP contribution < -0.4 is 4.74 Å². The van der Waals surface area contributed by atoms with Crippen LogP contribution in [0.15, 0.2) is 48.0 Å². The molecule has 1 fully saturated rings. The number of fused-ring (bicyclic) bond motifs is 1. The van der Waals surface area contributed by atoms with Gasteiger partial charge in [0, 0.05) is 18.7 Å². The molecule has 2 aliphatic rings. The number of hydrogen-bond acceptors (Lipinski definition) is 5. The van der Waals surface area contributed by atoms with E-state index >= 15 is 0 Å². The second-order valence-electron chi connectivity index (χ2n) is 8.99. The van der Waals surface area contributed by atoms with E-state index in [4.69, 9.17) is 4.74 Å². The summed E-state index contributed by atoms with van der Waals surface area (Å²) >= 11 is 0. The molecule has 1 unspecified atom stereocenters. The van der Waals surface area contributed by atoms with Crippen molar-refractivity contribution < 1.29 is 19.4 Å². The zero-order chi connectivity index (χ0) is 24.2. The van der Waals surface area contributed by atoms with Crippen molar-refractivity contribution in [2.45, 2.75) is 45.6 Å². The third-order valence-corrected chi connectivity index (χ3v) is 7.12. The zero-order valence-electron chi connectivity index (χ0n) is 20.3. The van der Waals surface area contributed by atoms with Crippen LogP contribution in [0.3, 0.4) is 0 Å². The Kier molecular flexibility index (Phi) is 7.37. The van der Waals surface area contributed by atoms with Crippen LogP contribution in [-0.2, 0) is 22.4 Å². The van der Waals surface area contributed by atoms with Crippen molar-refractivity contribution >= 4 is 17.4 Å². The summed E-state index contributed by atoms with van der Waals surface area (Å²) in [4.78, 5) is 30.3. The van der Waals surface area contributed by atoms with Gasteiger partial charge in [-0.3, -0.25) is 9.59 Å². The van der Waals surface area contributed by atoms with Crippen LogP contribution >= 0.6 is 0 Å². The Bertz CT molecular complexity index is 1100. The van der Waals surface area contributed by atoms with Gasteiger partial charge in [-0.25, -0.2) is 0 Å². The van der Waals surface area contributed by atoms with Gasteiger partial charge < -0.3 is 19.6 Å². The minimum atomic E-state index is -0.665. The predicted molar refractivity (Wildman–Crippen MR) is 133 cm³/mol. The molecule has 1 aliphatic carbocycles. The first-order valence-corrected chi connectivity index (χ1v) is 12.2. The molecule has 2 aromatic carbocycles. The van der Waals surface area contributed by atoms with E-state index in [-0.39, 0.29) is 11.3 Å². The van der Waals surface area contributed by atoms with E-state index in [9.17, 15) is 14.7 Å². The molecule has 6 nitrogen and oxygen atoms in total. The SMILES string of the molecule is CCN(CC)CCN1C(=O)C(=O)/C(=C(\O)c2ccc3c(c2)CCCC3)C1c1cccc(OC)c1. The second kappa shape index (κ2) is 10.4. The zero-order valence-corrected chi connectivity index (χ0v) is 20.3. The molecule has 0 radical (unpaired) electrons. The first-order valence-electron chi connectivity index (χ1n) is 12.2. The number of hydrogen-bond donors (Lipinski definition) is 1. The average molecular weight is 463 g/mol. The number of aliphatic hydroxyl groups excluding tert-OH is 1. The van der Waals surface area contributed by atoms with Gasteiger partial charge in [-0.15, -0.1) is 0 Å². The maximum atomic E-state index is 13.3. The Balaban J connectivity index is 1.80. The van der Waals surface area contributed by atoms with E-state index < -0.39 is 17.7 Å². The number of carbonyl (C=O) groups is 2. The quantitative estimate of drug-likeness (QED) is 0.359. The van der Waals surface area contributed by atoms with Crippen molar-refractivity contribution in [3.63, 3.8) is 0 Å². The summed E-state index contributed by atoms with van der Waals surface area (Å²) in [5.41, 5.74) is 4.00. The number of likely N-dealkylation sites (N-methyl/N-ethyl adjacent to an activating group) is 1. The van der Waals surface area contributed by atoms with E-state index in [1.165, 1.54) is 17.5 Å². The van der Waals surface area contributed by atoms with Gasteiger partial charge in [0.25, 0.3) is 11.7 Å². The maximum Gasteiger partial charge on any atom is 0.295 e. The lowest BCUT2D eigenvalue weighted by Gasteiger charge is -2.28. The molecular weight excluding hydrogens is 428 g/mol. The van der Waals surface area contributed by atoms with Gasteiger partial charge in [-0.05, 0) is 73.7 Å². The summed E-state index contributed by atoms with van der Waals surface area (Å²) in [5.74, 6) is -0.674. The minimum Gasteiger partial charge on any atom is -0.507 e. The average Bonchev–Trinajstić information content (AvgIpc) is 3.13. The molecule has 34 heavy (non-hydrogen) atoms. The van der Waals surface area contributed by atoms with Crippen molar-refractivity contribution in [3.8, 4) is 5.75 Å². The molecule has 1 heterocycles. The molecule has 0 saturated carbocycles. The van der Waals surface area contributed by atoms with Crippen LogP contribution in [0.2, 0.25) is 0 Å². The highest BCUT2D eigenvalue weighted by Crippen LogP contribution is 2.40. The maximum absolute atomic E-state index is 13.3. The summed E-state index contributed by atoms with van der Waals surface area (Å²) in [6, 6.07) is 12.6. The number of nitrogens with zero attached hydrogens (tertiary/aromatic N) is 2. The first-order chi connectivity index (χ1) is 16.5. The van der Waals surface area contributed by atoms with E-state index in [2.05, 4.69) is 18.7 Å². The topological polar surface area (TPSA) is 70.1 Å². The number of likely N-dealkylation sites (tertiary alicyclic amines) is 1. The smallest absolute Gasteiger partial charge is 0.295 e. The standard InChI is InChI=1S/C28H34N2O4/c1-4-29(5-2)15-16-30-25(21-11-8-12-23(18-21)34-3)24(27(32)28(30)33)26(31)22-14-13-19-9-6-7-10-20(19)17-22/h8,11-14,17-18,25,31H,4-7,9-10,15-16H2,1-3H3/b26-24-. The number of methoxy groups -OCH3 is 1. The van der Waals surface area contributed by atoms with E-state index in [1.807, 2.05) is 42.5 Å². The summed E-state index contributed by atoms with van der Waals surface area (Å²) in [6.07, 6.45) is 4.30. The van der Waals surface area contributed by atoms with E-state index in [0.29, 0.717) is 24.4 Å². The summed E-state index contributed by atoms with van der Waals surface area (Å²) in [5, 5.41) is 11.4. The highest BCUT2D eigenvalue weighted by atomic mass is 16.5. The van der Waals surface area contributed by atoms with E-state index in [1.54, 1.807) is 12.0 Å². The van der Waals surface area contributed by atoms with Crippen molar-refractivity contribution in [3.05, 3.63) is 70.3 Å². The third kappa shape index (κ3) is 4.60. The lowest BCUT2D eigenvalue weighted by atomic mass is 9.88. The van der Waals surface area contributed by atoms with Crippen LogP contribution in [0.25, 0.3) is 5.76 Å². The van der Waals surface area contributed by atoms with Crippen LogP contribution in [0, 0.1) is 0 Å². The number of ether oxygens (including phenoxy) is 1. The van der Waals surface area contributed by atoms with Gasteiger partial charge in [0.15, 0.2) is 0 Å². The number of Topliss-reactive ketones (excluding diaryl/α,β-unsaturated/α-hetero) is 1. The molecule has 0 aromatic heterocycles. The van der Waals surface area contributed by atoms with Crippen molar-refractivity contribution in [1.29, 1.82) is 0 Å². The summed E-state index contributed by atoms with van der Waals surface area (Å²) < 4.78 is 5.40. The lowest BCUT2D eigenvalue weighted by molar-refractivity contribution is -0.140. The summed E-state index contributed by atoms with van der Waals surface area (Å²) in [7, 11) is 1.59. The number of amides is 1. The van der Waals surface area contributed by atoms with Crippen molar-refractivity contribution in [2.24, 2.45) is 0 Å². The largest absolute Gasteiger partial charge is 0.507 e. The number of benzene rings is 2. The molecule has 6 heteroatoms. The molecule has 1 amide bonds. The summed E-state index contributed by atoms with van der Waals surface area (Å²) in [6.45, 7) is 6.92. The fourth-order valence-electron chi connectivity index (χ4n) is 5.09. The molecule has 0 bridgehead atoms. The fourth-order valence-corrected chi connectivity index (χ4v) is 5.09. The third-order valence-electron chi connectivity index (χ3n) is 7.12. The van der Waals surface area contributed by atoms with Crippen LogP contribution in [0.5, 0.6) is 5.75 Å². The molecule has 1 atom stereocenters. The van der Waals surface area contributed by atoms with Gasteiger partial charge >= 0.3 is 0 Å².